The van der Waals surface area contributed by atoms with Crippen molar-refractivity contribution in [2.75, 3.05) is 6.61 Å². The average Bonchev–Trinajstić information content (AvgIpc) is 2.77. The summed E-state index contributed by atoms with van der Waals surface area (Å²) in [5.41, 5.74) is 7.89. The standard InChI is InChI=1S/C14H18N2O2/c1-3-16-9-11(13(15)14(17)18-4-2)10-7-5-6-8-12(10)16/h5-9,13H,3-4,15H2,1-2H3. The molecule has 1 aromatic heterocycles. The molecule has 1 unspecified atom stereocenters. The van der Waals surface area contributed by atoms with E-state index in [4.69, 9.17) is 10.5 Å². The number of hydrogen-bond acceptors (Lipinski definition) is 3. The van der Waals surface area contributed by atoms with E-state index in [0.717, 1.165) is 23.0 Å². The SMILES string of the molecule is CCOC(=O)C(N)c1cn(CC)c2ccccc12. The lowest BCUT2D eigenvalue weighted by molar-refractivity contribution is -0.144. The van der Waals surface area contributed by atoms with Crippen molar-refractivity contribution >= 4 is 16.9 Å². The molecule has 0 radical (unpaired) electrons. The minimum Gasteiger partial charge on any atom is -0.465 e. The number of fused-ring (bicyclic) bond motifs is 1. The van der Waals surface area contributed by atoms with Crippen molar-refractivity contribution in [2.45, 2.75) is 26.4 Å². The Balaban J connectivity index is 2.47. The largest absolute Gasteiger partial charge is 0.465 e. The highest BCUT2D eigenvalue weighted by atomic mass is 16.5. The Kier molecular flexibility index (Phi) is 3.67. The molecule has 1 atom stereocenters. The molecule has 0 bridgehead atoms. The maximum atomic E-state index is 11.7. The van der Waals surface area contributed by atoms with Crippen LogP contribution in [0.25, 0.3) is 10.9 Å². The van der Waals surface area contributed by atoms with Crippen molar-refractivity contribution in [3.63, 3.8) is 0 Å². The number of para-hydroxylation sites is 1. The average molecular weight is 246 g/mol. The van der Waals surface area contributed by atoms with Gasteiger partial charge < -0.3 is 15.0 Å². The number of esters is 1. The van der Waals surface area contributed by atoms with E-state index in [1.54, 1.807) is 6.92 Å². The molecule has 2 aromatic rings. The summed E-state index contributed by atoms with van der Waals surface area (Å²) in [7, 11) is 0. The second-order valence-corrected chi connectivity index (χ2v) is 4.12. The minimum atomic E-state index is -0.720. The summed E-state index contributed by atoms with van der Waals surface area (Å²) in [6.45, 7) is 5.03. The first-order chi connectivity index (χ1) is 8.69. The number of carbonyl (C=O) groups is 1. The Labute approximate surface area is 106 Å². The highest BCUT2D eigenvalue weighted by Crippen LogP contribution is 2.26. The zero-order valence-corrected chi connectivity index (χ0v) is 10.7. The van der Waals surface area contributed by atoms with E-state index in [9.17, 15) is 4.79 Å². The van der Waals surface area contributed by atoms with Crippen LogP contribution in [0.4, 0.5) is 0 Å². The van der Waals surface area contributed by atoms with Crippen molar-refractivity contribution in [3.8, 4) is 0 Å². The van der Waals surface area contributed by atoms with Crippen LogP contribution in [-0.2, 0) is 16.1 Å². The van der Waals surface area contributed by atoms with E-state index < -0.39 is 6.04 Å². The predicted octanol–water partition coefficient (Wildman–Crippen LogP) is 2.22. The molecule has 1 heterocycles. The second kappa shape index (κ2) is 5.23. The molecule has 0 aliphatic carbocycles. The fourth-order valence-corrected chi connectivity index (χ4v) is 2.14. The molecule has 2 N–H and O–H groups in total. The van der Waals surface area contributed by atoms with Crippen LogP contribution in [0.15, 0.2) is 30.5 Å². The lowest BCUT2D eigenvalue weighted by Crippen LogP contribution is -2.23. The molecule has 0 spiro atoms. The molecule has 0 aliphatic rings. The number of ether oxygens (including phenoxy) is 1. The third kappa shape index (κ3) is 2.11. The van der Waals surface area contributed by atoms with Gasteiger partial charge in [0.2, 0.25) is 0 Å². The first-order valence-corrected chi connectivity index (χ1v) is 6.19. The normalized spacial score (nSPS) is 12.6. The molecule has 0 aliphatic heterocycles. The quantitative estimate of drug-likeness (QED) is 0.841. The fourth-order valence-electron chi connectivity index (χ4n) is 2.14. The molecule has 2 rings (SSSR count). The smallest absolute Gasteiger partial charge is 0.327 e. The van der Waals surface area contributed by atoms with E-state index in [-0.39, 0.29) is 5.97 Å². The maximum Gasteiger partial charge on any atom is 0.327 e. The Hall–Kier alpha value is -1.81. The molecule has 0 saturated carbocycles. The third-order valence-corrected chi connectivity index (χ3v) is 3.04. The van der Waals surface area contributed by atoms with Gasteiger partial charge in [-0.15, -0.1) is 0 Å². The fraction of sp³-hybridized carbons (Fsp3) is 0.357. The molecule has 0 saturated heterocycles. The van der Waals surface area contributed by atoms with Gasteiger partial charge in [-0.05, 0) is 19.9 Å². The molecule has 4 nitrogen and oxygen atoms in total. The summed E-state index contributed by atoms with van der Waals surface area (Å²) in [4.78, 5) is 11.7. The van der Waals surface area contributed by atoms with Crippen LogP contribution < -0.4 is 5.73 Å². The molecule has 4 heteroatoms. The summed E-state index contributed by atoms with van der Waals surface area (Å²) in [5.74, 6) is -0.378. The van der Waals surface area contributed by atoms with Gasteiger partial charge >= 0.3 is 5.97 Å². The van der Waals surface area contributed by atoms with E-state index in [2.05, 4.69) is 11.5 Å². The van der Waals surface area contributed by atoms with Crippen molar-refractivity contribution < 1.29 is 9.53 Å². The summed E-state index contributed by atoms with van der Waals surface area (Å²) in [5, 5.41) is 1.01. The Morgan fingerprint density at radius 2 is 2.11 bits per heavy atom. The first kappa shape index (κ1) is 12.6. The molecular formula is C14H18N2O2. The lowest BCUT2D eigenvalue weighted by Gasteiger charge is -2.09. The van der Waals surface area contributed by atoms with Crippen LogP contribution in [0.5, 0.6) is 0 Å². The van der Waals surface area contributed by atoms with Gasteiger partial charge in [-0.1, -0.05) is 18.2 Å². The number of nitrogens with two attached hydrogens (primary N) is 1. The minimum absolute atomic E-state index is 0.346. The maximum absolute atomic E-state index is 11.7. The number of rotatable bonds is 4. The van der Waals surface area contributed by atoms with Crippen molar-refractivity contribution in [2.24, 2.45) is 5.73 Å². The Bertz CT molecular complexity index is 560. The molecular weight excluding hydrogens is 228 g/mol. The molecule has 18 heavy (non-hydrogen) atoms. The summed E-state index contributed by atoms with van der Waals surface area (Å²) >= 11 is 0. The van der Waals surface area contributed by atoms with Crippen LogP contribution in [0, 0.1) is 0 Å². The van der Waals surface area contributed by atoms with Gasteiger partial charge in [0.05, 0.1) is 6.61 Å². The topological polar surface area (TPSA) is 57.2 Å². The Morgan fingerprint density at radius 3 is 2.78 bits per heavy atom. The van der Waals surface area contributed by atoms with Gasteiger partial charge in [0.1, 0.15) is 6.04 Å². The number of benzene rings is 1. The zero-order chi connectivity index (χ0) is 13.1. The zero-order valence-electron chi connectivity index (χ0n) is 10.7. The number of hydrogen-bond donors (Lipinski definition) is 1. The molecule has 0 amide bonds. The highest BCUT2D eigenvalue weighted by Gasteiger charge is 2.21. The molecule has 0 fully saturated rings. The van der Waals surface area contributed by atoms with Crippen LogP contribution in [0.1, 0.15) is 25.5 Å². The highest BCUT2D eigenvalue weighted by molar-refractivity contribution is 5.90. The van der Waals surface area contributed by atoms with Gasteiger partial charge in [-0.25, -0.2) is 4.79 Å². The number of aryl methyl sites for hydroxylation is 1. The number of nitrogens with zero attached hydrogens (tertiary/aromatic N) is 1. The van der Waals surface area contributed by atoms with Crippen LogP contribution in [-0.4, -0.2) is 17.1 Å². The van der Waals surface area contributed by atoms with Gasteiger partial charge in [-0.3, -0.25) is 0 Å². The Morgan fingerprint density at radius 1 is 1.39 bits per heavy atom. The second-order valence-electron chi connectivity index (χ2n) is 4.12. The first-order valence-electron chi connectivity index (χ1n) is 6.19. The van der Waals surface area contributed by atoms with Crippen molar-refractivity contribution in [1.82, 2.24) is 4.57 Å². The summed E-state index contributed by atoms with van der Waals surface area (Å²) in [6.07, 6.45) is 1.94. The van der Waals surface area contributed by atoms with Gasteiger partial charge in [0, 0.05) is 29.2 Å². The van der Waals surface area contributed by atoms with Gasteiger partial charge in [-0.2, -0.15) is 0 Å². The van der Waals surface area contributed by atoms with Gasteiger partial charge in [0.15, 0.2) is 0 Å². The van der Waals surface area contributed by atoms with E-state index in [1.165, 1.54) is 0 Å². The van der Waals surface area contributed by atoms with Gasteiger partial charge in [0.25, 0.3) is 0 Å². The monoisotopic (exact) mass is 246 g/mol. The van der Waals surface area contributed by atoms with Crippen molar-refractivity contribution in [3.05, 3.63) is 36.0 Å². The lowest BCUT2D eigenvalue weighted by atomic mass is 10.1. The van der Waals surface area contributed by atoms with E-state index in [1.807, 2.05) is 30.5 Å². The van der Waals surface area contributed by atoms with Crippen LogP contribution in [0.2, 0.25) is 0 Å². The number of aromatic nitrogens is 1. The summed E-state index contributed by atoms with van der Waals surface area (Å²) in [6, 6.07) is 7.22. The summed E-state index contributed by atoms with van der Waals surface area (Å²) < 4.78 is 7.06. The van der Waals surface area contributed by atoms with Crippen LogP contribution >= 0.6 is 0 Å². The molecule has 1 aromatic carbocycles. The predicted molar refractivity (Wildman–Crippen MR) is 71.2 cm³/mol. The van der Waals surface area contributed by atoms with Crippen molar-refractivity contribution in [1.29, 1.82) is 0 Å². The van der Waals surface area contributed by atoms with Crippen LogP contribution in [0.3, 0.4) is 0 Å². The van der Waals surface area contributed by atoms with E-state index >= 15 is 0 Å². The third-order valence-electron chi connectivity index (χ3n) is 3.04. The van der Waals surface area contributed by atoms with E-state index in [0.29, 0.717) is 6.61 Å². The number of carbonyl (C=O) groups excluding carboxylic acids is 1. The molecule has 96 valence electrons.